The van der Waals surface area contributed by atoms with Gasteiger partial charge in [0.2, 0.25) is 10.0 Å². The predicted molar refractivity (Wildman–Crippen MR) is 83.7 cm³/mol. The van der Waals surface area contributed by atoms with Crippen LogP contribution in [0.1, 0.15) is 26.2 Å². The van der Waals surface area contributed by atoms with Gasteiger partial charge in [-0.15, -0.1) is 0 Å². The predicted octanol–water partition coefficient (Wildman–Crippen LogP) is 1.47. The van der Waals surface area contributed by atoms with Crippen LogP contribution in [0.3, 0.4) is 0 Å². The minimum Gasteiger partial charge on any atom is -0.382 e. The maximum atomic E-state index is 12.3. The lowest BCUT2D eigenvalue weighted by molar-refractivity contribution is 0.208. The van der Waals surface area contributed by atoms with Crippen LogP contribution in [0.15, 0.2) is 17.2 Å². The molecule has 21 heavy (non-hydrogen) atoms. The van der Waals surface area contributed by atoms with Crippen molar-refractivity contribution >= 4 is 27.4 Å². The lowest BCUT2D eigenvalue weighted by atomic mass is 10.1. The molecule has 0 saturated carbocycles. The van der Waals surface area contributed by atoms with E-state index in [1.165, 1.54) is 12.3 Å². The van der Waals surface area contributed by atoms with E-state index < -0.39 is 10.0 Å². The van der Waals surface area contributed by atoms with Crippen molar-refractivity contribution in [1.82, 2.24) is 14.6 Å². The van der Waals surface area contributed by atoms with E-state index in [0.717, 1.165) is 38.9 Å². The summed E-state index contributed by atoms with van der Waals surface area (Å²) in [6.45, 7) is 5.05. The lowest BCUT2D eigenvalue weighted by Gasteiger charge is -2.31. The number of nitrogens with zero attached hydrogens (tertiary/aromatic N) is 2. The highest BCUT2D eigenvalue weighted by Gasteiger charge is 2.24. The molecule has 1 fully saturated rings. The Morgan fingerprint density at radius 2 is 2.14 bits per heavy atom. The molecule has 2 rings (SSSR count). The average molecular weight is 333 g/mol. The molecule has 0 bridgehead atoms. The van der Waals surface area contributed by atoms with Crippen LogP contribution >= 0.6 is 11.6 Å². The molecule has 0 spiro atoms. The average Bonchev–Trinajstić information content (AvgIpc) is 2.44. The number of pyridine rings is 1. The summed E-state index contributed by atoms with van der Waals surface area (Å²) in [5, 5.41) is 0.149. The third kappa shape index (κ3) is 4.29. The number of likely N-dealkylation sites (tertiary alicyclic amines) is 1. The Labute approximate surface area is 130 Å². The van der Waals surface area contributed by atoms with E-state index in [9.17, 15) is 8.42 Å². The van der Waals surface area contributed by atoms with Crippen molar-refractivity contribution in [3.05, 3.63) is 17.3 Å². The van der Waals surface area contributed by atoms with Gasteiger partial charge in [-0.3, -0.25) is 0 Å². The summed E-state index contributed by atoms with van der Waals surface area (Å²) in [6.07, 6.45) is 3.98. The van der Waals surface area contributed by atoms with Crippen LogP contribution in [-0.4, -0.2) is 44.0 Å². The monoisotopic (exact) mass is 332 g/mol. The summed E-state index contributed by atoms with van der Waals surface area (Å²) in [6, 6.07) is 1.29. The first-order chi connectivity index (χ1) is 9.92. The van der Waals surface area contributed by atoms with E-state index in [4.69, 9.17) is 17.3 Å². The number of piperidine rings is 1. The van der Waals surface area contributed by atoms with Gasteiger partial charge in [0.05, 0.1) is 5.02 Å². The highest BCUT2D eigenvalue weighted by atomic mass is 35.5. The van der Waals surface area contributed by atoms with Gasteiger partial charge in [0.25, 0.3) is 0 Å². The van der Waals surface area contributed by atoms with E-state index in [-0.39, 0.29) is 21.8 Å². The molecule has 118 valence electrons. The number of hydrogen-bond donors (Lipinski definition) is 2. The number of nitrogens with two attached hydrogens (primary N) is 1. The van der Waals surface area contributed by atoms with Crippen molar-refractivity contribution in [3.63, 3.8) is 0 Å². The Kier molecular flexibility index (Phi) is 5.43. The minimum atomic E-state index is -3.60. The lowest BCUT2D eigenvalue weighted by Crippen LogP contribution is -2.44. The number of hydrogen-bond acceptors (Lipinski definition) is 5. The summed E-state index contributed by atoms with van der Waals surface area (Å²) >= 11 is 5.83. The Morgan fingerprint density at radius 3 is 2.71 bits per heavy atom. The van der Waals surface area contributed by atoms with Crippen LogP contribution in [-0.2, 0) is 10.0 Å². The number of aromatic nitrogens is 1. The van der Waals surface area contributed by atoms with Gasteiger partial charge < -0.3 is 10.6 Å². The second kappa shape index (κ2) is 6.91. The zero-order chi connectivity index (χ0) is 15.5. The molecule has 1 aromatic rings. The molecule has 1 saturated heterocycles. The van der Waals surface area contributed by atoms with E-state index in [1.54, 1.807) is 0 Å². The van der Waals surface area contributed by atoms with Gasteiger partial charge in [0.1, 0.15) is 10.7 Å². The molecule has 3 N–H and O–H groups in total. The van der Waals surface area contributed by atoms with Crippen molar-refractivity contribution in [1.29, 1.82) is 0 Å². The van der Waals surface area contributed by atoms with Crippen LogP contribution in [0.25, 0.3) is 0 Å². The topological polar surface area (TPSA) is 88.3 Å². The Hall–Kier alpha value is -0.890. The molecule has 8 heteroatoms. The minimum absolute atomic E-state index is 0.0422. The normalized spacial score (nSPS) is 18.0. The molecule has 1 aliphatic heterocycles. The van der Waals surface area contributed by atoms with Gasteiger partial charge in [-0.25, -0.2) is 18.1 Å². The fraction of sp³-hybridized carbons (Fsp3) is 0.615. The van der Waals surface area contributed by atoms with Gasteiger partial charge in [-0.2, -0.15) is 0 Å². The van der Waals surface area contributed by atoms with E-state index in [2.05, 4.69) is 21.5 Å². The third-order valence-corrected chi connectivity index (χ3v) is 5.39. The Bertz CT molecular complexity index is 586. The van der Waals surface area contributed by atoms with Crippen molar-refractivity contribution in [2.45, 2.75) is 37.1 Å². The van der Waals surface area contributed by atoms with Crippen molar-refractivity contribution in [3.8, 4) is 0 Å². The number of sulfonamides is 1. The molecule has 0 amide bonds. The van der Waals surface area contributed by atoms with Gasteiger partial charge in [-0.1, -0.05) is 18.5 Å². The number of halogens is 1. The van der Waals surface area contributed by atoms with Crippen LogP contribution < -0.4 is 10.5 Å². The van der Waals surface area contributed by atoms with E-state index >= 15 is 0 Å². The zero-order valence-corrected chi connectivity index (χ0v) is 13.6. The Balaban J connectivity index is 2.00. The second-order valence-corrected chi connectivity index (χ2v) is 7.40. The molecule has 0 aliphatic carbocycles. The van der Waals surface area contributed by atoms with Gasteiger partial charge >= 0.3 is 0 Å². The summed E-state index contributed by atoms with van der Waals surface area (Å²) < 4.78 is 27.3. The van der Waals surface area contributed by atoms with Gasteiger partial charge in [0, 0.05) is 12.2 Å². The molecule has 1 aliphatic rings. The summed E-state index contributed by atoms with van der Waals surface area (Å²) in [4.78, 5) is 6.20. The zero-order valence-electron chi connectivity index (χ0n) is 12.0. The molecule has 0 atom stereocenters. The summed E-state index contributed by atoms with van der Waals surface area (Å²) in [7, 11) is -3.60. The molecule has 0 unspecified atom stereocenters. The fourth-order valence-corrected chi connectivity index (χ4v) is 3.96. The standard InChI is InChI=1S/C13H21ClN4O2S/c1-2-5-18-6-3-10(4-7-18)17-21(19,20)11-8-12(14)13(15)16-9-11/h8-10,17H,2-7H2,1H3,(H2,15,16). The highest BCUT2D eigenvalue weighted by Crippen LogP contribution is 2.21. The summed E-state index contributed by atoms with van der Waals surface area (Å²) in [5.74, 6) is 0.128. The molecule has 0 radical (unpaired) electrons. The molecular formula is C13H21ClN4O2S. The fourth-order valence-electron chi connectivity index (χ4n) is 2.46. The van der Waals surface area contributed by atoms with Crippen LogP contribution in [0, 0.1) is 0 Å². The highest BCUT2D eigenvalue weighted by molar-refractivity contribution is 7.89. The molecular weight excluding hydrogens is 312 g/mol. The number of nitrogens with one attached hydrogen (secondary N) is 1. The maximum Gasteiger partial charge on any atom is 0.242 e. The number of anilines is 1. The maximum absolute atomic E-state index is 12.3. The van der Waals surface area contributed by atoms with E-state index in [1.807, 2.05) is 0 Å². The number of rotatable bonds is 5. The molecule has 0 aromatic carbocycles. The first kappa shape index (κ1) is 16.5. The van der Waals surface area contributed by atoms with Crippen LogP contribution in [0.4, 0.5) is 5.82 Å². The van der Waals surface area contributed by atoms with Crippen LogP contribution in [0.2, 0.25) is 5.02 Å². The van der Waals surface area contributed by atoms with Crippen LogP contribution in [0.5, 0.6) is 0 Å². The van der Waals surface area contributed by atoms with Crippen molar-refractivity contribution < 1.29 is 8.42 Å². The Morgan fingerprint density at radius 1 is 1.48 bits per heavy atom. The van der Waals surface area contributed by atoms with Gasteiger partial charge in [0.15, 0.2) is 0 Å². The van der Waals surface area contributed by atoms with E-state index in [0.29, 0.717) is 0 Å². The molecule has 1 aromatic heterocycles. The van der Waals surface area contributed by atoms with Crippen molar-refractivity contribution in [2.75, 3.05) is 25.4 Å². The number of nitrogen functional groups attached to an aromatic ring is 1. The van der Waals surface area contributed by atoms with Gasteiger partial charge in [-0.05, 0) is 45.0 Å². The quantitative estimate of drug-likeness (QED) is 0.852. The molecule has 2 heterocycles. The second-order valence-electron chi connectivity index (χ2n) is 5.28. The first-order valence-electron chi connectivity index (χ1n) is 7.08. The largest absolute Gasteiger partial charge is 0.382 e. The summed E-state index contributed by atoms with van der Waals surface area (Å²) in [5.41, 5.74) is 5.50. The smallest absolute Gasteiger partial charge is 0.242 e. The van der Waals surface area contributed by atoms with Crippen molar-refractivity contribution in [2.24, 2.45) is 0 Å². The molecule has 6 nitrogen and oxygen atoms in total. The first-order valence-corrected chi connectivity index (χ1v) is 8.94. The third-order valence-electron chi connectivity index (χ3n) is 3.60. The SMILES string of the molecule is CCCN1CCC(NS(=O)(=O)c2cnc(N)c(Cl)c2)CC1.